The molecule has 1 amide bonds. The van der Waals surface area contributed by atoms with Gasteiger partial charge in [0.15, 0.2) is 0 Å². The summed E-state index contributed by atoms with van der Waals surface area (Å²) in [6.07, 6.45) is 4.52. The summed E-state index contributed by atoms with van der Waals surface area (Å²) in [6.45, 7) is 1.98. The van der Waals surface area contributed by atoms with E-state index < -0.39 is 17.3 Å². The zero-order valence-electron chi connectivity index (χ0n) is 11.4. The van der Waals surface area contributed by atoms with Gasteiger partial charge in [-0.05, 0) is 37.5 Å². The third-order valence-electron chi connectivity index (χ3n) is 4.17. The standard InChI is InChI=1S/C15H18FNO3/c1-2-15(7-3-4-8-15)14(20)17-10-5-6-12(16)11(9-10)13(18)19/h5-6,9H,2-4,7-8H2,1H3,(H,17,20)(H,18,19). The second-order valence-electron chi connectivity index (χ2n) is 5.29. The summed E-state index contributed by atoms with van der Waals surface area (Å²) in [5, 5.41) is 11.6. The first kappa shape index (κ1) is 14.5. The zero-order valence-corrected chi connectivity index (χ0v) is 11.4. The van der Waals surface area contributed by atoms with Crippen molar-refractivity contribution in [1.82, 2.24) is 0 Å². The van der Waals surface area contributed by atoms with Gasteiger partial charge >= 0.3 is 5.97 Å². The fraction of sp³-hybridized carbons (Fsp3) is 0.467. The first-order chi connectivity index (χ1) is 9.48. The summed E-state index contributed by atoms with van der Waals surface area (Å²) < 4.78 is 13.3. The van der Waals surface area contributed by atoms with Gasteiger partial charge in [0.05, 0.1) is 5.56 Å². The molecule has 1 aromatic rings. The summed E-state index contributed by atoms with van der Waals surface area (Å²) >= 11 is 0. The van der Waals surface area contributed by atoms with Crippen LogP contribution in [0.4, 0.5) is 10.1 Å². The lowest BCUT2D eigenvalue weighted by atomic mass is 9.82. The lowest BCUT2D eigenvalue weighted by molar-refractivity contribution is -0.125. The van der Waals surface area contributed by atoms with Crippen molar-refractivity contribution in [3.63, 3.8) is 0 Å². The molecule has 1 saturated carbocycles. The topological polar surface area (TPSA) is 66.4 Å². The fourth-order valence-electron chi connectivity index (χ4n) is 2.82. The molecule has 0 atom stereocenters. The lowest BCUT2D eigenvalue weighted by Crippen LogP contribution is -2.33. The fourth-order valence-corrected chi connectivity index (χ4v) is 2.82. The minimum absolute atomic E-state index is 0.0968. The molecule has 4 nitrogen and oxygen atoms in total. The zero-order chi connectivity index (χ0) is 14.8. The van der Waals surface area contributed by atoms with Crippen molar-refractivity contribution in [2.75, 3.05) is 5.32 Å². The second kappa shape index (κ2) is 5.61. The van der Waals surface area contributed by atoms with E-state index in [0.717, 1.165) is 44.2 Å². The van der Waals surface area contributed by atoms with Crippen molar-refractivity contribution in [2.45, 2.75) is 39.0 Å². The van der Waals surface area contributed by atoms with E-state index in [1.54, 1.807) is 0 Å². The van der Waals surface area contributed by atoms with E-state index in [1.165, 1.54) is 6.07 Å². The molecule has 0 aromatic heterocycles. The highest BCUT2D eigenvalue weighted by Crippen LogP contribution is 2.41. The second-order valence-corrected chi connectivity index (χ2v) is 5.29. The van der Waals surface area contributed by atoms with E-state index in [4.69, 9.17) is 5.11 Å². The van der Waals surface area contributed by atoms with Gasteiger partial charge in [0, 0.05) is 11.1 Å². The van der Waals surface area contributed by atoms with Crippen LogP contribution in [-0.2, 0) is 4.79 Å². The Kier molecular flexibility index (Phi) is 4.06. The van der Waals surface area contributed by atoms with E-state index in [-0.39, 0.29) is 11.3 Å². The Balaban J connectivity index is 2.19. The molecule has 2 rings (SSSR count). The van der Waals surface area contributed by atoms with E-state index in [2.05, 4.69) is 5.32 Å². The van der Waals surface area contributed by atoms with Crippen molar-refractivity contribution in [3.05, 3.63) is 29.6 Å². The molecule has 20 heavy (non-hydrogen) atoms. The van der Waals surface area contributed by atoms with Gasteiger partial charge in [0.2, 0.25) is 5.91 Å². The van der Waals surface area contributed by atoms with E-state index in [9.17, 15) is 14.0 Å². The Morgan fingerprint density at radius 3 is 2.55 bits per heavy atom. The van der Waals surface area contributed by atoms with Crippen molar-refractivity contribution in [2.24, 2.45) is 5.41 Å². The van der Waals surface area contributed by atoms with Gasteiger partial charge in [-0.2, -0.15) is 0 Å². The molecular weight excluding hydrogens is 261 g/mol. The Bertz CT molecular complexity index is 536. The molecule has 1 aliphatic carbocycles. The maximum absolute atomic E-state index is 13.3. The van der Waals surface area contributed by atoms with Crippen molar-refractivity contribution in [1.29, 1.82) is 0 Å². The number of benzene rings is 1. The monoisotopic (exact) mass is 279 g/mol. The maximum Gasteiger partial charge on any atom is 0.338 e. The molecule has 1 aromatic carbocycles. The number of carboxylic acids is 1. The van der Waals surface area contributed by atoms with E-state index in [0.29, 0.717) is 5.69 Å². The number of aromatic carboxylic acids is 1. The van der Waals surface area contributed by atoms with Crippen LogP contribution < -0.4 is 5.32 Å². The third-order valence-corrected chi connectivity index (χ3v) is 4.17. The highest BCUT2D eigenvalue weighted by Gasteiger charge is 2.39. The molecule has 0 aliphatic heterocycles. The van der Waals surface area contributed by atoms with Crippen molar-refractivity contribution < 1.29 is 19.1 Å². The number of carbonyl (C=O) groups is 2. The molecule has 0 unspecified atom stereocenters. The average Bonchev–Trinajstić information content (AvgIpc) is 2.90. The number of hydrogen-bond acceptors (Lipinski definition) is 2. The molecule has 1 aliphatic rings. The summed E-state index contributed by atoms with van der Waals surface area (Å²) in [6, 6.07) is 3.61. The molecule has 0 heterocycles. The predicted octanol–water partition coefficient (Wildman–Crippen LogP) is 3.43. The number of halogens is 1. The Morgan fingerprint density at radius 1 is 1.35 bits per heavy atom. The molecule has 1 fully saturated rings. The van der Waals surface area contributed by atoms with Gasteiger partial charge in [-0.15, -0.1) is 0 Å². The number of carbonyl (C=O) groups excluding carboxylic acids is 1. The van der Waals surface area contributed by atoms with Gasteiger partial charge < -0.3 is 10.4 Å². The highest BCUT2D eigenvalue weighted by molar-refractivity contribution is 5.97. The first-order valence-corrected chi connectivity index (χ1v) is 6.83. The van der Waals surface area contributed by atoms with Crippen LogP contribution in [0.2, 0.25) is 0 Å². The van der Waals surface area contributed by atoms with Crippen LogP contribution in [0, 0.1) is 11.2 Å². The van der Waals surface area contributed by atoms with Crippen LogP contribution in [0.15, 0.2) is 18.2 Å². The van der Waals surface area contributed by atoms with Gasteiger partial charge in [-0.3, -0.25) is 4.79 Å². The number of anilines is 1. The molecule has 0 saturated heterocycles. The Hall–Kier alpha value is -1.91. The Labute approximate surface area is 117 Å². The van der Waals surface area contributed by atoms with Gasteiger partial charge in [-0.25, -0.2) is 9.18 Å². The van der Waals surface area contributed by atoms with E-state index in [1.807, 2.05) is 6.92 Å². The van der Waals surface area contributed by atoms with Gasteiger partial charge in [0.1, 0.15) is 5.82 Å². The number of nitrogens with one attached hydrogen (secondary N) is 1. The molecule has 0 radical (unpaired) electrons. The quantitative estimate of drug-likeness (QED) is 0.887. The maximum atomic E-state index is 13.3. The van der Waals surface area contributed by atoms with Crippen LogP contribution in [0.25, 0.3) is 0 Å². The van der Waals surface area contributed by atoms with Crippen molar-refractivity contribution >= 4 is 17.6 Å². The van der Waals surface area contributed by atoms with Gasteiger partial charge in [-0.1, -0.05) is 19.8 Å². The molecule has 108 valence electrons. The highest BCUT2D eigenvalue weighted by atomic mass is 19.1. The molecule has 2 N–H and O–H groups in total. The largest absolute Gasteiger partial charge is 0.478 e. The molecule has 0 bridgehead atoms. The lowest BCUT2D eigenvalue weighted by Gasteiger charge is -2.26. The van der Waals surface area contributed by atoms with E-state index >= 15 is 0 Å². The minimum Gasteiger partial charge on any atom is -0.478 e. The average molecular weight is 279 g/mol. The summed E-state index contributed by atoms with van der Waals surface area (Å²) in [5.41, 5.74) is -0.467. The number of hydrogen-bond donors (Lipinski definition) is 2. The number of rotatable bonds is 4. The van der Waals surface area contributed by atoms with Crippen LogP contribution in [0.3, 0.4) is 0 Å². The summed E-state index contributed by atoms with van der Waals surface area (Å²) in [5.74, 6) is -2.24. The minimum atomic E-state index is -1.34. The van der Waals surface area contributed by atoms with Crippen LogP contribution in [0.1, 0.15) is 49.4 Å². The van der Waals surface area contributed by atoms with Gasteiger partial charge in [0.25, 0.3) is 0 Å². The van der Waals surface area contributed by atoms with Crippen LogP contribution in [0.5, 0.6) is 0 Å². The predicted molar refractivity (Wildman–Crippen MR) is 73.2 cm³/mol. The number of carboxylic acid groups (broad SMARTS) is 1. The third kappa shape index (κ3) is 2.66. The molecule has 0 spiro atoms. The molecular formula is C15H18FNO3. The van der Waals surface area contributed by atoms with Crippen LogP contribution in [-0.4, -0.2) is 17.0 Å². The molecule has 5 heteroatoms. The van der Waals surface area contributed by atoms with Crippen molar-refractivity contribution in [3.8, 4) is 0 Å². The smallest absolute Gasteiger partial charge is 0.338 e. The normalized spacial score (nSPS) is 16.9. The first-order valence-electron chi connectivity index (χ1n) is 6.83. The Morgan fingerprint density at radius 2 is 2.00 bits per heavy atom. The summed E-state index contributed by atoms with van der Waals surface area (Å²) in [7, 11) is 0. The SMILES string of the molecule is CCC1(C(=O)Nc2ccc(F)c(C(=O)O)c2)CCCC1. The van der Waals surface area contributed by atoms with Crippen LogP contribution >= 0.6 is 0 Å². The summed E-state index contributed by atoms with van der Waals surface area (Å²) in [4.78, 5) is 23.3. The number of amides is 1.